The van der Waals surface area contributed by atoms with Crippen molar-refractivity contribution in [2.45, 2.75) is 19.4 Å². The van der Waals surface area contributed by atoms with Crippen LogP contribution in [-0.2, 0) is 11.3 Å². The van der Waals surface area contributed by atoms with Crippen LogP contribution in [0.25, 0.3) is 0 Å². The summed E-state index contributed by atoms with van der Waals surface area (Å²) >= 11 is 0. The maximum Gasteiger partial charge on any atom is 0.115 e. The van der Waals surface area contributed by atoms with Gasteiger partial charge in [-0.2, -0.15) is 0 Å². The van der Waals surface area contributed by atoms with E-state index in [1.807, 2.05) is 12.4 Å². The zero-order valence-corrected chi connectivity index (χ0v) is 8.85. The van der Waals surface area contributed by atoms with E-state index < -0.39 is 0 Å². The van der Waals surface area contributed by atoms with Gasteiger partial charge in [0, 0.05) is 37.7 Å². The Bertz CT molecular complexity index is 272. The second-order valence-electron chi connectivity index (χ2n) is 3.94. The SMILES string of the molecule is c1ncc(CNCCC2CCOC2)cn1. The lowest BCUT2D eigenvalue weighted by Gasteiger charge is -2.08. The third-order valence-electron chi connectivity index (χ3n) is 2.70. The van der Waals surface area contributed by atoms with Gasteiger partial charge in [-0.25, -0.2) is 9.97 Å². The first-order chi connectivity index (χ1) is 7.45. The zero-order valence-electron chi connectivity index (χ0n) is 8.85. The highest BCUT2D eigenvalue weighted by atomic mass is 16.5. The van der Waals surface area contributed by atoms with Crippen LogP contribution in [-0.4, -0.2) is 29.7 Å². The van der Waals surface area contributed by atoms with Crippen LogP contribution in [0.2, 0.25) is 0 Å². The maximum atomic E-state index is 5.32. The molecule has 82 valence electrons. The molecule has 0 amide bonds. The quantitative estimate of drug-likeness (QED) is 0.731. The van der Waals surface area contributed by atoms with E-state index in [0.29, 0.717) is 0 Å². The molecule has 0 aromatic carbocycles. The van der Waals surface area contributed by atoms with Crippen molar-refractivity contribution in [3.63, 3.8) is 0 Å². The highest BCUT2D eigenvalue weighted by Gasteiger charge is 2.14. The fraction of sp³-hybridized carbons (Fsp3) is 0.636. The minimum absolute atomic E-state index is 0.754. The molecule has 1 saturated heterocycles. The van der Waals surface area contributed by atoms with Gasteiger partial charge in [0.1, 0.15) is 6.33 Å². The Morgan fingerprint density at radius 1 is 1.40 bits per heavy atom. The lowest BCUT2D eigenvalue weighted by molar-refractivity contribution is 0.184. The van der Waals surface area contributed by atoms with Crippen molar-refractivity contribution in [2.75, 3.05) is 19.8 Å². The first-order valence-electron chi connectivity index (χ1n) is 5.47. The molecule has 4 nitrogen and oxygen atoms in total. The smallest absolute Gasteiger partial charge is 0.115 e. The van der Waals surface area contributed by atoms with Crippen molar-refractivity contribution in [3.8, 4) is 0 Å². The fourth-order valence-corrected chi connectivity index (χ4v) is 1.77. The standard InChI is InChI=1S/C11H17N3O/c1(10-2-4-15-8-10)3-12-5-11-6-13-9-14-7-11/h6-7,9-10,12H,1-5,8H2. The summed E-state index contributed by atoms with van der Waals surface area (Å²) in [5, 5.41) is 3.39. The van der Waals surface area contributed by atoms with Gasteiger partial charge in [0.25, 0.3) is 0 Å². The van der Waals surface area contributed by atoms with E-state index in [1.54, 1.807) is 6.33 Å². The first-order valence-corrected chi connectivity index (χ1v) is 5.47. The third kappa shape index (κ3) is 3.57. The van der Waals surface area contributed by atoms with Crippen LogP contribution < -0.4 is 5.32 Å². The molecule has 2 heterocycles. The van der Waals surface area contributed by atoms with Gasteiger partial charge in [-0.3, -0.25) is 0 Å². The Balaban J connectivity index is 1.59. The van der Waals surface area contributed by atoms with E-state index in [-0.39, 0.29) is 0 Å². The number of nitrogens with one attached hydrogen (secondary N) is 1. The fourth-order valence-electron chi connectivity index (χ4n) is 1.77. The Hall–Kier alpha value is -1.00. The summed E-state index contributed by atoms with van der Waals surface area (Å²) in [6, 6.07) is 0. The van der Waals surface area contributed by atoms with Crippen molar-refractivity contribution < 1.29 is 4.74 Å². The Labute approximate surface area is 90.1 Å². The van der Waals surface area contributed by atoms with Crippen LogP contribution in [0, 0.1) is 5.92 Å². The van der Waals surface area contributed by atoms with Crippen LogP contribution in [0.1, 0.15) is 18.4 Å². The molecule has 0 saturated carbocycles. The van der Waals surface area contributed by atoms with Crippen molar-refractivity contribution in [3.05, 3.63) is 24.3 Å². The van der Waals surface area contributed by atoms with Crippen LogP contribution in [0.15, 0.2) is 18.7 Å². The van der Waals surface area contributed by atoms with Gasteiger partial charge in [0.2, 0.25) is 0 Å². The van der Waals surface area contributed by atoms with Crippen LogP contribution in [0.5, 0.6) is 0 Å². The minimum atomic E-state index is 0.754. The van der Waals surface area contributed by atoms with E-state index >= 15 is 0 Å². The van der Waals surface area contributed by atoms with Gasteiger partial charge in [-0.15, -0.1) is 0 Å². The molecule has 0 bridgehead atoms. The van der Waals surface area contributed by atoms with Gasteiger partial charge in [0.15, 0.2) is 0 Å². The molecule has 1 N–H and O–H groups in total. The van der Waals surface area contributed by atoms with E-state index in [4.69, 9.17) is 4.74 Å². The summed E-state index contributed by atoms with van der Waals surface area (Å²) in [7, 11) is 0. The van der Waals surface area contributed by atoms with Crippen molar-refractivity contribution in [2.24, 2.45) is 5.92 Å². The molecule has 1 unspecified atom stereocenters. The Kier molecular flexibility index (Phi) is 4.05. The normalized spacial score (nSPS) is 20.7. The van der Waals surface area contributed by atoms with Gasteiger partial charge >= 0.3 is 0 Å². The molecule has 1 fully saturated rings. The van der Waals surface area contributed by atoms with E-state index in [9.17, 15) is 0 Å². The van der Waals surface area contributed by atoms with Gasteiger partial charge in [0.05, 0.1) is 0 Å². The summed E-state index contributed by atoms with van der Waals surface area (Å²) in [4.78, 5) is 7.94. The van der Waals surface area contributed by atoms with Crippen LogP contribution in [0.4, 0.5) is 0 Å². The van der Waals surface area contributed by atoms with Crippen molar-refractivity contribution >= 4 is 0 Å². The second-order valence-corrected chi connectivity index (χ2v) is 3.94. The molecule has 0 spiro atoms. The zero-order chi connectivity index (χ0) is 10.3. The van der Waals surface area contributed by atoms with Gasteiger partial charge in [-0.1, -0.05) is 0 Å². The summed E-state index contributed by atoms with van der Waals surface area (Å²) in [6.07, 6.45) is 7.67. The van der Waals surface area contributed by atoms with Crippen molar-refractivity contribution in [1.29, 1.82) is 0 Å². The average Bonchev–Trinajstić information content (AvgIpc) is 2.79. The first kappa shape index (κ1) is 10.5. The molecule has 2 rings (SSSR count). The molecule has 1 aromatic heterocycles. The topological polar surface area (TPSA) is 47.0 Å². The molecule has 1 aromatic rings. The molecule has 0 radical (unpaired) electrons. The van der Waals surface area contributed by atoms with Crippen LogP contribution in [0.3, 0.4) is 0 Å². The van der Waals surface area contributed by atoms with E-state index in [2.05, 4.69) is 15.3 Å². The molecule has 1 aliphatic heterocycles. The second kappa shape index (κ2) is 5.78. The Morgan fingerprint density at radius 3 is 3.00 bits per heavy atom. The molecule has 1 atom stereocenters. The number of rotatable bonds is 5. The summed E-state index contributed by atoms with van der Waals surface area (Å²) < 4.78 is 5.32. The lowest BCUT2D eigenvalue weighted by Crippen LogP contribution is -2.18. The van der Waals surface area contributed by atoms with Gasteiger partial charge in [-0.05, 0) is 25.3 Å². The summed E-state index contributed by atoms with van der Waals surface area (Å²) in [5.74, 6) is 0.754. The monoisotopic (exact) mass is 207 g/mol. The molecule has 4 heteroatoms. The lowest BCUT2D eigenvalue weighted by atomic mass is 10.1. The summed E-state index contributed by atoms with van der Waals surface area (Å²) in [5.41, 5.74) is 1.14. The molecule has 0 aliphatic carbocycles. The highest BCUT2D eigenvalue weighted by Crippen LogP contribution is 2.15. The average molecular weight is 207 g/mol. The molecular weight excluding hydrogens is 190 g/mol. The number of aromatic nitrogens is 2. The third-order valence-corrected chi connectivity index (χ3v) is 2.70. The molecule has 15 heavy (non-hydrogen) atoms. The largest absolute Gasteiger partial charge is 0.381 e. The van der Waals surface area contributed by atoms with Crippen LogP contribution >= 0.6 is 0 Å². The van der Waals surface area contributed by atoms with Crippen molar-refractivity contribution in [1.82, 2.24) is 15.3 Å². The molecular formula is C11H17N3O. The number of hydrogen-bond acceptors (Lipinski definition) is 4. The predicted molar refractivity (Wildman–Crippen MR) is 57.3 cm³/mol. The predicted octanol–water partition coefficient (Wildman–Crippen LogP) is 0.993. The number of nitrogens with zero attached hydrogens (tertiary/aromatic N) is 2. The maximum absolute atomic E-state index is 5.32. The minimum Gasteiger partial charge on any atom is -0.381 e. The Morgan fingerprint density at radius 2 is 2.27 bits per heavy atom. The van der Waals surface area contributed by atoms with E-state index in [1.165, 1.54) is 12.8 Å². The number of ether oxygens (including phenoxy) is 1. The highest BCUT2D eigenvalue weighted by molar-refractivity contribution is 5.01. The van der Waals surface area contributed by atoms with Gasteiger partial charge < -0.3 is 10.1 Å². The molecule has 1 aliphatic rings. The van der Waals surface area contributed by atoms with E-state index in [0.717, 1.165) is 37.8 Å². The summed E-state index contributed by atoms with van der Waals surface area (Å²) in [6.45, 7) is 3.78. The number of hydrogen-bond donors (Lipinski definition) is 1.